The molecule has 0 aromatic carbocycles. The van der Waals surface area contributed by atoms with Crippen molar-refractivity contribution in [3.63, 3.8) is 0 Å². The monoisotopic (exact) mass is 251 g/mol. The minimum Gasteiger partial charge on any atom is -0.352 e. The van der Waals surface area contributed by atoms with E-state index in [0.29, 0.717) is 5.56 Å². The van der Waals surface area contributed by atoms with Crippen LogP contribution in [0.4, 0.5) is 0 Å². The summed E-state index contributed by atoms with van der Waals surface area (Å²) in [4.78, 5) is 38.0. The van der Waals surface area contributed by atoms with Crippen LogP contribution in [-0.4, -0.2) is 41.3 Å². The van der Waals surface area contributed by atoms with Crippen molar-refractivity contribution in [2.45, 2.75) is 19.9 Å². The maximum Gasteiger partial charge on any atom is 0.255 e. The van der Waals surface area contributed by atoms with Crippen molar-refractivity contribution in [1.82, 2.24) is 15.2 Å². The van der Waals surface area contributed by atoms with Gasteiger partial charge in [0, 0.05) is 25.4 Å². The Hall–Kier alpha value is -2.11. The Labute approximate surface area is 105 Å². The van der Waals surface area contributed by atoms with Crippen molar-refractivity contribution in [1.29, 1.82) is 0 Å². The summed E-state index contributed by atoms with van der Waals surface area (Å²) in [6.45, 7) is 3.68. The summed E-state index contributed by atoms with van der Waals surface area (Å²) >= 11 is 0. The molecule has 1 aromatic rings. The zero-order chi connectivity index (χ0) is 13.7. The van der Waals surface area contributed by atoms with Gasteiger partial charge in [-0.3, -0.25) is 14.4 Å². The van der Waals surface area contributed by atoms with Gasteiger partial charge in [0.15, 0.2) is 0 Å². The van der Waals surface area contributed by atoms with Crippen LogP contribution < -0.4 is 10.9 Å². The number of likely N-dealkylation sites (N-methyl/N-ethyl adjacent to an activating group) is 1. The highest BCUT2D eigenvalue weighted by atomic mass is 16.2. The fourth-order valence-corrected chi connectivity index (χ4v) is 1.42. The number of amides is 2. The molecule has 0 unspecified atom stereocenters. The molecule has 0 saturated carbocycles. The van der Waals surface area contributed by atoms with E-state index < -0.39 is 0 Å². The molecule has 98 valence electrons. The summed E-state index contributed by atoms with van der Waals surface area (Å²) in [6, 6.07) is 2.74. The summed E-state index contributed by atoms with van der Waals surface area (Å²) in [5, 5.41) is 2.70. The fourth-order valence-electron chi connectivity index (χ4n) is 1.42. The standard InChI is InChI=1S/C12H17N3O3/c1-8(2)14-11(17)7-15(3)12(18)9-4-5-10(16)13-6-9/h4-6,8H,7H2,1-3H3,(H,13,16)(H,14,17). The van der Waals surface area contributed by atoms with Gasteiger partial charge >= 0.3 is 0 Å². The molecule has 0 aliphatic rings. The van der Waals surface area contributed by atoms with Gasteiger partial charge in [-0.15, -0.1) is 0 Å². The minimum absolute atomic E-state index is 0.0177. The van der Waals surface area contributed by atoms with Gasteiger partial charge in [-0.25, -0.2) is 0 Å². The molecular formula is C12H17N3O3. The number of rotatable bonds is 4. The third kappa shape index (κ3) is 4.04. The Morgan fingerprint density at radius 1 is 1.39 bits per heavy atom. The van der Waals surface area contributed by atoms with Crippen molar-refractivity contribution in [2.75, 3.05) is 13.6 Å². The van der Waals surface area contributed by atoms with Crippen LogP contribution in [0.5, 0.6) is 0 Å². The molecule has 1 rings (SSSR count). The molecule has 0 atom stereocenters. The van der Waals surface area contributed by atoms with Crippen LogP contribution in [0.15, 0.2) is 23.1 Å². The number of carbonyl (C=O) groups is 2. The van der Waals surface area contributed by atoms with E-state index >= 15 is 0 Å². The highest BCUT2D eigenvalue weighted by Gasteiger charge is 2.15. The normalized spacial score (nSPS) is 10.2. The summed E-state index contributed by atoms with van der Waals surface area (Å²) in [6.07, 6.45) is 1.33. The zero-order valence-corrected chi connectivity index (χ0v) is 10.7. The van der Waals surface area contributed by atoms with Crippen LogP contribution in [0.1, 0.15) is 24.2 Å². The Morgan fingerprint density at radius 3 is 2.56 bits per heavy atom. The Morgan fingerprint density at radius 2 is 2.06 bits per heavy atom. The topological polar surface area (TPSA) is 82.3 Å². The average molecular weight is 251 g/mol. The maximum absolute atomic E-state index is 11.9. The van der Waals surface area contributed by atoms with Crippen LogP contribution in [-0.2, 0) is 4.79 Å². The van der Waals surface area contributed by atoms with Crippen LogP contribution >= 0.6 is 0 Å². The molecule has 0 bridgehead atoms. The van der Waals surface area contributed by atoms with E-state index in [2.05, 4.69) is 10.3 Å². The predicted octanol–water partition coefficient (Wildman–Crippen LogP) is -0.0285. The molecule has 0 fully saturated rings. The first-order valence-electron chi connectivity index (χ1n) is 5.63. The molecule has 2 N–H and O–H groups in total. The molecule has 1 aromatic heterocycles. The lowest BCUT2D eigenvalue weighted by Crippen LogP contribution is -2.40. The van der Waals surface area contributed by atoms with Gasteiger partial charge < -0.3 is 15.2 Å². The van der Waals surface area contributed by atoms with E-state index in [1.54, 1.807) is 0 Å². The van der Waals surface area contributed by atoms with Crippen LogP contribution in [0.3, 0.4) is 0 Å². The Balaban J connectivity index is 2.64. The third-order valence-electron chi connectivity index (χ3n) is 2.21. The van der Waals surface area contributed by atoms with E-state index in [-0.39, 0.29) is 30.0 Å². The molecular weight excluding hydrogens is 234 g/mol. The molecule has 6 heteroatoms. The van der Waals surface area contributed by atoms with Gasteiger partial charge in [-0.1, -0.05) is 0 Å². The predicted molar refractivity (Wildman–Crippen MR) is 67.3 cm³/mol. The number of carbonyl (C=O) groups excluding carboxylic acids is 2. The van der Waals surface area contributed by atoms with Gasteiger partial charge in [0.05, 0.1) is 12.1 Å². The summed E-state index contributed by atoms with van der Waals surface area (Å²) in [5.41, 5.74) is 0.0706. The molecule has 2 amide bonds. The molecule has 1 heterocycles. The van der Waals surface area contributed by atoms with Gasteiger partial charge in [0.25, 0.3) is 5.91 Å². The van der Waals surface area contributed by atoms with E-state index in [1.807, 2.05) is 13.8 Å². The SMILES string of the molecule is CC(C)NC(=O)CN(C)C(=O)c1ccc(=O)[nH]c1. The number of hydrogen-bond donors (Lipinski definition) is 2. The van der Waals surface area contributed by atoms with Crippen LogP contribution in [0, 0.1) is 0 Å². The van der Waals surface area contributed by atoms with Crippen molar-refractivity contribution < 1.29 is 9.59 Å². The molecule has 0 radical (unpaired) electrons. The smallest absolute Gasteiger partial charge is 0.255 e. The number of hydrogen-bond acceptors (Lipinski definition) is 3. The number of aromatic nitrogens is 1. The minimum atomic E-state index is -0.315. The first-order chi connectivity index (χ1) is 8.40. The number of pyridine rings is 1. The fraction of sp³-hybridized carbons (Fsp3) is 0.417. The molecule has 6 nitrogen and oxygen atoms in total. The van der Waals surface area contributed by atoms with Crippen molar-refractivity contribution in [3.8, 4) is 0 Å². The lowest BCUT2D eigenvalue weighted by molar-refractivity contribution is -0.122. The average Bonchev–Trinajstić information content (AvgIpc) is 2.27. The van der Waals surface area contributed by atoms with E-state index in [9.17, 15) is 14.4 Å². The second-order valence-electron chi connectivity index (χ2n) is 4.33. The number of H-pyrrole nitrogens is 1. The first-order valence-corrected chi connectivity index (χ1v) is 5.63. The third-order valence-corrected chi connectivity index (χ3v) is 2.21. The van der Waals surface area contributed by atoms with Crippen LogP contribution in [0.2, 0.25) is 0 Å². The van der Waals surface area contributed by atoms with E-state index in [0.717, 1.165) is 0 Å². The number of nitrogens with one attached hydrogen (secondary N) is 2. The molecule has 0 saturated heterocycles. The van der Waals surface area contributed by atoms with Crippen molar-refractivity contribution in [3.05, 3.63) is 34.2 Å². The summed E-state index contributed by atoms with van der Waals surface area (Å²) in [7, 11) is 1.54. The lowest BCUT2D eigenvalue weighted by Gasteiger charge is -2.17. The summed E-state index contributed by atoms with van der Waals surface area (Å²) < 4.78 is 0. The molecule has 0 aliphatic heterocycles. The van der Waals surface area contributed by atoms with Gasteiger partial charge in [0.2, 0.25) is 11.5 Å². The Kier molecular flexibility index (Phi) is 4.65. The highest BCUT2D eigenvalue weighted by molar-refractivity contribution is 5.96. The number of aromatic amines is 1. The zero-order valence-electron chi connectivity index (χ0n) is 10.7. The van der Waals surface area contributed by atoms with E-state index in [1.165, 1.54) is 30.3 Å². The number of nitrogens with zero attached hydrogens (tertiary/aromatic N) is 1. The first kappa shape index (κ1) is 14.0. The lowest BCUT2D eigenvalue weighted by atomic mass is 10.2. The summed E-state index contributed by atoms with van der Waals surface area (Å²) in [5.74, 6) is -0.532. The van der Waals surface area contributed by atoms with Crippen molar-refractivity contribution in [2.24, 2.45) is 0 Å². The maximum atomic E-state index is 11.9. The van der Waals surface area contributed by atoms with Gasteiger partial charge in [0.1, 0.15) is 0 Å². The van der Waals surface area contributed by atoms with Gasteiger partial charge in [-0.05, 0) is 19.9 Å². The molecule has 0 spiro atoms. The van der Waals surface area contributed by atoms with Crippen LogP contribution in [0.25, 0.3) is 0 Å². The molecule has 0 aliphatic carbocycles. The van der Waals surface area contributed by atoms with E-state index in [4.69, 9.17) is 0 Å². The van der Waals surface area contributed by atoms with Gasteiger partial charge in [-0.2, -0.15) is 0 Å². The highest BCUT2D eigenvalue weighted by Crippen LogP contribution is 1.99. The largest absolute Gasteiger partial charge is 0.352 e. The Bertz CT molecular complexity index is 473. The second-order valence-corrected chi connectivity index (χ2v) is 4.33. The quantitative estimate of drug-likeness (QED) is 0.788. The second kappa shape index (κ2) is 6.00. The van der Waals surface area contributed by atoms with Crippen molar-refractivity contribution >= 4 is 11.8 Å². The molecule has 18 heavy (non-hydrogen) atoms.